The van der Waals surface area contributed by atoms with E-state index in [1.54, 1.807) is 6.92 Å². The van der Waals surface area contributed by atoms with E-state index >= 15 is 0 Å². The molecule has 0 spiro atoms. The number of aliphatic hydroxyl groups excluding tert-OH is 4. The molecule has 148 valence electrons. The molecule has 0 aromatic rings. The topological polar surface area (TPSA) is 126 Å². The molecule has 1 fully saturated rings. The molecule has 6 atom stereocenters. The van der Waals surface area contributed by atoms with Crippen LogP contribution in [0.15, 0.2) is 0 Å². The van der Waals surface area contributed by atoms with Crippen LogP contribution in [0.4, 0.5) is 0 Å². The highest BCUT2D eigenvalue weighted by atomic mass is 16.7. The SMILES string of the molecule is CC(CCCCC(=O)OC(C)(C)C)O[C@H]1OC(CO)[C@@H](O)C(O)[C@@H]1O. The molecule has 0 radical (unpaired) electrons. The summed E-state index contributed by atoms with van der Waals surface area (Å²) in [5.41, 5.74) is -0.489. The third-order valence-electron chi connectivity index (χ3n) is 3.88. The molecule has 25 heavy (non-hydrogen) atoms. The Hall–Kier alpha value is -0.770. The zero-order chi connectivity index (χ0) is 19.2. The van der Waals surface area contributed by atoms with E-state index < -0.39 is 42.9 Å². The van der Waals surface area contributed by atoms with E-state index in [0.29, 0.717) is 19.3 Å². The summed E-state index contributed by atoms with van der Waals surface area (Å²) in [7, 11) is 0. The maximum Gasteiger partial charge on any atom is 0.306 e. The number of rotatable bonds is 8. The third kappa shape index (κ3) is 7.55. The number of aliphatic hydroxyl groups is 4. The van der Waals surface area contributed by atoms with Crippen LogP contribution < -0.4 is 0 Å². The minimum Gasteiger partial charge on any atom is -0.460 e. The second-order valence-corrected chi connectivity index (χ2v) is 7.48. The van der Waals surface area contributed by atoms with Crippen molar-refractivity contribution in [2.24, 2.45) is 0 Å². The molecule has 1 aliphatic rings. The largest absolute Gasteiger partial charge is 0.460 e. The van der Waals surface area contributed by atoms with Gasteiger partial charge in [-0.3, -0.25) is 4.79 Å². The van der Waals surface area contributed by atoms with Gasteiger partial charge in [0.2, 0.25) is 0 Å². The van der Waals surface area contributed by atoms with Crippen molar-refractivity contribution >= 4 is 5.97 Å². The van der Waals surface area contributed by atoms with Gasteiger partial charge in [0.25, 0.3) is 0 Å². The lowest BCUT2D eigenvalue weighted by Crippen LogP contribution is -2.59. The van der Waals surface area contributed by atoms with Gasteiger partial charge in [0.1, 0.15) is 30.0 Å². The Labute approximate surface area is 148 Å². The van der Waals surface area contributed by atoms with Gasteiger partial charge in [-0.05, 0) is 40.5 Å². The fourth-order valence-electron chi connectivity index (χ4n) is 2.57. The van der Waals surface area contributed by atoms with Crippen LogP contribution in [0.5, 0.6) is 0 Å². The summed E-state index contributed by atoms with van der Waals surface area (Å²) >= 11 is 0. The molecule has 1 heterocycles. The average molecular weight is 364 g/mol. The van der Waals surface area contributed by atoms with Crippen molar-refractivity contribution < 1.29 is 39.4 Å². The minimum absolute atomic E-state index is 0.241. The highest BCUT2D eigenvalue weighted by Gasteiger charge is 2.44. The van der Waals surface area contributed by atoms with Gasteiger partial charge >= 0.3 is 5.97 Å². The molecule has 4 N–H and O–H groups in total. The van der Waals surface area contributed by atoms with E-state index in [2.05, 4.69) is 0 Å². The number of hydrogen-bond donors (Lipinski definition) is 4. The highest BCUT2D eigenvalue weighted by molar-refractivity contribution is 5.69. The van der Waals surface area contributed by atoms with Gasteiger partial charge in [0.05, 0.1) is 12.7 Å². The normalized spacial score (nSPS) is 31.6. The van der Waals surface area contributed by atoms with Crippen molar-refractivity contribution in [2.45, 2.75) is 95.8 Å². The van der Waals surface area contributed by atoms with Crippen molar-refractivity contribution in [1.82, 2.24) is 0 Å². The van der Waals surface area contributed by atoms with Crippen LogP contribution in [0.2, 0.25) is 0 Å². The van der Waals surface area contributed by atoms with E-state index in [9.17, 15) is 20.1 Å². The molecule has 8 heteroatoms. The highest BCUT2D eigenvalue weighted by Crippen LogP contribution is 2.24. The molecule has 1 aliphatic heterocycles. The smallest absolute Gasteiger partial charge is 0.306 e. The molecule has 3 unspecified atom stereocenters. The van der Waals surface area contributed by atoms with Crippen LogP contribution in [0.25, 0.3) is 0 Å². The summed E-state index contributed by atoms with van der Waals surface area (Å²) in [5.74, 6) is -0.241. The van der Waals surface area contributed by atoms with E-state index in [1.165, 1.54) is 0 Å². The molecule has 0 bridgehead atoms. The Bertz CT molecular complexity index is 406. The Balaban J connectivity index is 2.32. The van der Waals surface area contributed by atoms with Crippen molar-refractivity contribution in [3.05, 3.63) is 0 Å². The van der Waals surface area contributed by atoms with Gasteiger partial charge in [-0.2, -0.15) is 0 Å². The van der Waals surface area contributed by atoms with E-state index in [1.807, 2.05) is 20.8 Å². The summed E-state index contributed by atoms with van der Waals surface area (Å²) < 4.78 is 16.1. The maximum absolute atomic E-state index is 11.6. The Kier molecular flexibility index (Phi) is 8.73. The molecule has 0 amide bonds. The first-order chi connectivity index (χ1) is 11.5. The van der Waals surface area contributed by atoms with Crippen molar-refractivity contribution in [2.75, 3.05) is 6.61 Å². The average Bonchev–Trinajstić information content (AvgIpc) is 2.50. The molecule has 0 saturated carbocycles. The number of carbonyl (C=O) groups excluding carboxylic acids is 1. The number of ether oxygens (including phenoxy) is 3. The summed E-state index contributed by atoms with van der Waals surface area (Å²) in [6.45, 7) is 6.76. The predicted octanol–water partition coefficient (Wildman–Crippen LogP) is 0.0935. The van der Waals surface area contributed by atoms with Crippen molar-refractivity contribution in [1.29, 1.82) is 0 Å². The molecule has 0 aromatic heterocycles. The first kappa shape index (κ1) is 22.3. The predicted molar refractivity (Wildman–Crippen MR) is 88.6 cm³/mol. The fourth-order valence-corrected chi connectivity index (χ4v) is 2.57. The molecule has 8 nitrogen and oxygen atoms in total. The lowest BCUT2D eigenvalue weighted by atomic mass is 9.99. The van der Waals surface area contributed by atoms with Crippen molar-refractivity contribution in [3.63, 3.8) is 0 Å². The minimum atomic E-state index is -1.45. The second-order valence-electron chi connectivity index (χ2n) is 7.48. The second kappa shape index (κ2) is 9.80. The monoisotopic (exact) mass is 364 g/mol. The van der Waals surface area contributed by atoms with E-state index in [-0.39, 0.29) is 12.1 Å². The van der Waals surface area contributed by atoms with Crippen LogP contribution in [0.3, 0.4) is 0 Å². The quantitative estimate of drug-likeness (QED) is 0.353. The van der Waals surface area contributed by atoms with Gasteiger partial charge < -0.3 is 34.6 Å². The molecule has 1 saturated heterocycles. The summed E-state index contributed by atoms with van der Waals surface area (Å²) in [4.78, 5) is 11.6. The van der Waals surface area contributed by atoms with Gasteiger partial charge in [0, 0.05) is 6.42 Å². The summed E-state index contributed by atoms with van der Waals surface area (Å²) in [6.07, 6.45) is -4.34. The number of unbranched alkanes of at least 4 members (excludes halogenated alkanes) is 1. The van der Waals surface area contributed by atoms with Gasteiger partial charge in [0.15, 0.2) is 6.29 Å². The number of carbonyl (C=O) groups is 1. The van der Waals surface area contributed by atoms with Gasteiger partial charge in [-0.25, -0.2) is 0 Å². The van der Waals surface area contributed by atoms with Gasteiger partial charge in [-0.1, -0.05) is 6.42 Å². The van der Waals surface area contributed by atoms with Crippen LogP contribution in [-0.4, -0.2) is 75.4 Å². The van der Waals surface area contributed by atoms with Crippen molar-refractivity contribution in [3.8, 4) is 0 Å². The zero-order valence-corrected chi connectivity index (χ0v) is 15.4. The lowest BCUT2D eigenvalue weighted by molar-refractivity contribution is -0.310. The molecule has 1 rings (SSSR count). The summed E-state index contributed by atoms with van der Waals surface area (Å²) in [5, 5.41) is 38.5. The Morgan fingerprint density at radius 2 is 1.76 bits per heavy atom. The maximum atomic E-state index is 11.6. The first-order valence-electron chi connectivity index (χ1n) is 8.73. The third-order valence-corrected chi connectivity index (χ3v) is 3.88. The molecule has 0 aliphatic carbocycles. The number of esters is 1. The van der Waals surface area contributed by atoms with Crippen LogP contribution in [-0.2, 0) is 19.0 Å². The van der Waals surface area contributed by atoms with Gasteiger partial charge in [-0.15, -0.1) is 0 Å². The molecule has 0 aromatic carbocycles. The lowest BCUT2D eigenvalue weighted by Gasteiger charge is -2.40. The standard InChI is InChI=1S/C17H32O8/c1-10(7-5-6-8-12(19)25-17(2,3)4)23-16-15(22)14(21)13(20)11(9-18)24-16/h10-11,13-16,18,20-22H,5-9H2,1-4H3/t10?,11?,13-,14?,15+,16+/m1/s1. The van der Waals surface area contributed by atoms with Crippen LogP contribution in [0.1, 0.15) is 53.4 Å². The van der Waals surface area contributed by atoms with E-state index in [0.717, 1.165) is 6.42 Å². The Morgan fingerprint density at radius 1 is 1.12 bits per heavy atom. The zero-order valence-electron chi connectivity index (χ0n) is 15.4. The first-order valence-corrected chi connectivity index (χ1v) is 8.73. The molecular formula is C17H32O8. The number of hydrogen-bond acceptors (Lipinski definition) is 8. The van der Waals surface area contributed by atoms with Crippen LogP contribution >= 0.6 is 0 Å². The van der Waals surface area contributed by atoms with E-state index in [4.69, 9.17) is 19.3 Å². The molecular weight excluding hydrogens is 332 g/mol. The Morgan fingerprint density at radius 3 is 2.32 bits per heavy atom. The van der Waals surface area contributed by atoms with Crippen LogP contribution in [0, 0.1) is 0 Å². The summed E-state index contributed by atoms with van der Waals surface area (Å²) in [6, 6.07) is 0. The fraction of sp³-hybridized carbons (Fsp3) is 0.941.